The molecular weight excluding hydrogens is 228 g/mol. The van der Waals surface area contributed by atoms with Gasteiger partial charge in [-0.2, -0.15) is 5.26 Å². The zero-order chi connectivity index (χ0) is 13.2. The largest absolute Gasteiger partial charge is 0.454 e. The minimum Gasteiger partial charge on any atom is -0.454 e. The van der Waals surface area contributed by atoms with E-state index in [0.717, 1.165) is 30.2 Å². The summed E-state index contributed by atoms with van der Waals surface area (Å²) in [6.45, 7) is 5.72. The molecule has 0 fully saturated rings. The minimum atomic E-state index is -0.328. The van der Waals surface area contributed by atoms with Gasteiger partial charge in [0.1, 0.15) is 0 Å². The van der Waals surface area contributed by atoms with E-state index in [0.29, 0.717) is 6.79 Å². The summed E-state index contributed by atoms with van der Waals surface area (Å²) < 4.78 is 10.6. The highest BCUT2D eigenvalue weighted by Gasteiger charge is 2.20. The Labute approximate surface area is 108 Å². The van der Waals surface area contributed by atoms with Crippen molar-refractivity contribution in [1.29, 1.82) is 5.26 Å². The smallest absolute Gasteiger partial charge is 0.231 e. The van der Waals surface area contributed by atoms with Crippen LogP contribution in [0.4, 0.5) is 0 Å². The van der Waals surface area contributed by atoms with Crippen molar-refractivity contribution in [2.24, 2.45) is 5.41 Å². The second-order valence-corrected chi connectivity index (χ2v) is 5.36. The molecule has 1 aliphatic rings. The first kappa shape index (κ1) is 12.7. The Hall–Kier alpha value is -1.73. The number of ether oxygens (including phenoxy) is 2. The van der Waals surface area contributed by atoms with E-state index in [1.165, 1.54) is 0 Å². The van der Waals surface area contributed by atoms with Crippen LogP contribution in [0.15, 0.2) is 18.2 Å². The van der Waals surface area contributed by atoms with E-state index in [-0.39, 0.29) is 5.41 Å². The molecule has 0 N–H and O–H groups in total. The number of nitrogens with zero attached hydrogens (tertiary/aromatic N) is 2. The van der Waals surface area contributed by atoms with Crippen molar-refractivity contribution in [3.8, 4) is 17.6 Å². The molecule has 1 aromatic rings. The highest BCUT2D eigenvalue weighted by molar-refractivity contribution is 5.44. The Morgan fingerprint density at radius 1 is 1.33 bits per heavy atom. The number of benzene rings is 1. The van der Waals surface area contributed by atoms with E-state index < -0.39 is 0 Å². The highest BCUT2D eigenvalue weighted by Crippen LogP contribution is 2.32. The number of rotatable bonds is 4. The van der Waals surface area contributed by atoms with Crippen LogP contribution in [0, 0.1) is 16.7 Å². The normalized spacial score (nSPS) is 13.7. The topological polar surface area (TPSA) is 45.5 Å². The molecule has 96 valence electrons. The lowest BCUT2D eigenvalue weighted by Gasteiger charge is -2.24. The molecule has 0 bridgehead atoms. The van der Waals surface area contributed by atoms with Crippen LogP contribution in [0.5, 0.6) is 11.5 Å². The van der Waals surface area contributed by atoms with Crippen molar-refractivity contribution < 1.29 is 9.47 Å². The predicted octanol–water partition coefficient (Wildman–Crippen LogP) is 2.40. The maximum atomic E-state index is 9.02. The standard InChI is InChI=1S/C14H18N2O2/c1-14(2,8-15)9-16(3)7-11-4-5-12-13(6-11)18-10-17-12/h4-6H,7,9-10H2,1-3H3. The van der Waals surface area contributed by atoms with Crippen LogP contribution in [0.25, 0.3) is 0 Å². The average Bonchev–Trinajstić information content (AvgIpc) is 2.75. The van der Waals surface area contributed by atoms with Gasteiger partial charge in [-0.3, -0.25) is 0 Å². The van der Waals surface area contributed by atoms with E-state index in [2.05, 4.69) is 11.0 Å². The molecule has 0 radical (unpaired) electrons. The number of hydrogen-bond donors (Lipinski definition) is 0. The van der Waals surface area contributed by atoms with Crippen molar-refractivity contribution in [2.75, 3.05) is 20.4 Å². The van der Waals surface area contributed by atoms with E-state index in [1.54, 1.807) is 0 Å². The van der Waals surface area contributed by atoms with Crippen molar-refractivity contribution in [1.82, 2.24) is 4.90 Å². The number of fused-ring (bicyclic) bond motifs is 1. The van der Waals surface area contributed by atoms with Gasteiger partial charge in [0.05, 0.1) is 11.5 Å². The molecular formula is C14H18N2O2. The lowest BCUT2D eigenvalue weighted by atomic mass is 9.95. The zero-order valence-electron chi connectivity index (χ0n) is 11.1. The first-order valence-corrected chi connectivity index (χ1v) is 5.98. The first-order valence-electron chi connectivity index (χ1n) is 5.98. The van der Waals surface area contributed by atoms with Crippen molar-refractivity contribution in [3.63, 3.8) is 0 Å². The Kier molecular flexibility index (Phi) is 3.44. The molecule has 4 heteroatoms. The molecule has 1 aromatic carbocycles. The first-order chi connectivity index (χ1) is 8.50. The SMILES string of the molecule is CN(Cc1ccc2c(c1)OCO2)CC(C)(C)C#N. The second-order valence-electron chi connectivity index (χ2n) is 5.36. The van der Waals surface area contributed by atoms with Gasteiger partial charge >= 0.3 is 0 Å². The van der Waals surface area contributed by atoms with Crippen LogP contribution >= 0.6 is 0 Å². The molecule has 1 heterocycles. The summed E-state index contributed by atoms with van der Waals surface area (Å²) in [5, 5.41) is 9.02. The highest BCUT2D eigenvalue weighted by atomic mass is 16.7. The molecule has 0 atom stereocenters. The fourth-order valence-corrected chi connectivity index (χ4v) is 2.12. The fraction of sp³-hybridized carbons (Fsp3) is 0.500. The summed E-state index contributed by atoms with van der Waals surface area (Å²) in [4.78, 5) is 2.14. The van der Waals surface area contributed by atoms with Crippen LogP contribution in [-0.2, 0) is 6.54 Å². The molecule has 0 amide bonds. The Balaban J connectivity index is 2.00. The summed E-state index contributed by atoms with van der Waals surface area (Å²) in [7, 11) is 2.02. The van der Waals surface area contributed by atoms with Gasteiger partial charge in [0.25, 0.3) is 0 Å². The molecule has 2 rings (SSSR count). The van der Waals surface area contributed by atoms with E-state index in [4.69, 9.17) is 14.7 Å². The Bertz CT molecular complexity index is 477. The van der Waals surface area contributed by atoms with Crippen LogP contribution < -0.4 is 9.47 Å². The van der Waals surface area contributed by atoms with Gasteiger partial charge in [0, 0.05) is 13.1 Å². The zero-order valence-corrected chi connectivity index (χ0v) is 11.1. The molecule has 18 heavy (non-hydrogen) atoms. The third kappa shape index (κ3) is 2.93. The molecule has 0 saturated heterocycles. The van der Waals surface area contributed by atoms with Crippen LogP contribution in [-0.4, -0.2) is 25.3 Å². The molecule has 4 nitrogen and oxygen atoms in total. The van der Waals surface area contributed by atoms with E-state index >= 15 is 0 Å². The van der Waals surface area contributed by atoms with Gasteiger partial charge in [0.15, 0.2) is 11.5 Å². The third-order valence-corrected chi connectivity index (χ3v) is 2.86. The lowest BCUT2D eigenvalue weighted by Crippen LogP contribution is -2.29. The summed E-state index contributed by atoms with van der Waals surface area (Å²) in [6, 6.07) is 8.27. The predicted molar refractivity (Wildman–Crippen MR) is 68.3 cm³/mol. The second kappa shape index (κ2) is 4.87. The van der Waals surface area contributed by atoms with Gasteiger partial charge in [-0.1, -0.05) is 6.07 Å². The summed E-state index contributed by atoms with van der Waals surface area (Å²) in [5.41, 5.74) is 0.834. The van der Waals surface area contributed by atoms with E-state index in [9.17, 15) is 0 Å². The minimum absolute atomic E-state index is 0.302. The van der Waals surface area contributed by atoms with Gasteiger partial charge in [0.2, 0.25) is 6.79 Å². The molecule has 0 saturated carbocycles. The maximum Gasteiger partial charge on any atom is 0.231 e. The summed E-state index contributed by atoms with van der Waals surface area (Å²) in [5.74, 6) is 1.61. The molecule has 1 aliphatic heterocycles. The van der Waals surface area contributed by atoms with Crippen molar-refractivity contribution >= 4 is 0 Å². The number of hydrogen-bond acceptors (Lipinski definition) is 4. The quantitative estimate of drug-likeness (QED) is 0.818. The molecule has 0 unspecified atom stereocenters. The van der Waals surface area contributed by atoms with Crippen molar-refractivity contribution in [2.45, 2.75) is 20.4 Å². The number of nitriles is 1. The van der Waals surface area contributed by atoms with E-state index in [1.807, 2.05) is 39.1 Å². The monoisotopic (exact) mass is 246 g/mol. The van der Waals surface area contributed by atoms with Crippen LogP contribution in [0.2, 0.25) is 0 Å². The Morgan fingerprint density at radius 3 is 2.78 bits per heavy atom. The van der Waals surface area contributed by atoms with Crippen molar-refractivity contribution in [3.05, 3.63) is 23.8 Å². The molecule has 0 aromatic heterocycles. The molecule has 0 aliphatic carbocycles. The average molecular weight is 246 g/mol. The van der Waals surface area contributed by atoms with Gasteiger partial charge < -0.3 is 14.4 Å². The van der Waals surface area contributed by atoms with Gasteiger partial charge in [-0.15, -0.1) is 0 Å². The Morgan fingerprint density at radius 2 is 2.06 bits per heavy atom. The lowest BCUT2D eigenvalue weighted by molar-refractivity contribution is 0.174. The molecule has 0 spiro atoms. The summed E-state index contributed by atoms with van der Waals surface area (Å²) in [6.07, 6.45) is 0. The van der Waals surface area contributed by atoms with Crippen LogP contribution in [0.1, 0.15) is 19.4 Å². The van der Waals surface area contributed by atoms with Gasteiger partial charge in [-0.05, 0) is 38.6 Å². The van der Waals surface area contributed by atoms with Gasteiger partial charge in [-0.25, -0.2) is 0 Å². The van der Waals surface area contributed by atoms with Crippen LogP contribution in [0.3, 0.4) is 0 Å². The maximum absolute atomic E-state index is 9.02. The fourth-order valence-electron chi connectivity index (χ4n) is 2.12. The summed E-state index contributed by atoms with van der Waals surface area (Å²) >= 11 is 0. The third-order valence-electron chi connectivity index (χ3n) is 2.86.